The molecule has 0 spiro atoms. The smallest absolute Gasteiger partial charge is 0.290 e. The van der Waals surface area contributed by atoms with Crippen LogP contribution in [-0.4, -0.2) is 90.2 Å². The van der Waals surface area contributed by atoms with E-state index in [-0.39, 0.29) is 24.0 Å². The van der Waals surface area contributed by atoms with Crippen LogP contribution in [0.3, 0.4) is 0 Å². The van der Waals surface area contributed by atoms with Gasteiger partial charge in [-0.25, -0.2) is 15.0 Å². The average Bonchev–Trinajstić information content (AvgIpc) is 3.57. The lowest BCUT2D eigenvalue weighted by Gasteiger charge is -2.34. The second-order valence-corrected chi connectivity index (χ2v) is 8.61. The van der Waals surface area contributed by atoms with E-state index < -0.39 is 29.4 Å². The summed E-state index contributed by atoms with van der Waals surface area (Å²) < 4.78 is 4.28. The van der Waals surface area contributed by atoms with Gasteiger partial charge in [-0.15, -0.1) is 0 Å². The van der Waals surface area contributed by atoms with Gasteiger partial charge in [-0.2, -0.15) is 0 Å². The van der Waals surface area contributed by atoms with Crippen molar-refractivity contribution < 1.29 is 19.2 Å². The molecule has 15 heteroatoms. The fourth-order valence-corrected chi connectivity index (χ4v) is 3.43. The Labute approximate surface area is 213 Å². The van der Waals surface area contributed by atoms with Crippen molar-refractivity contribution >= 4 is 23.6 Å². The standard InChI is InChI=1S/C22H31N11O4/c1-30(2)11-6-7-26-21(37)22(27-18(34)15-23-8-12-31(15)3,28-19(35)16-24-9-13-32(16)4)29-20(36)17-25-10-14-33(17)5/h8-10,12-14H,6-7,11H2,1-5H3,(H,26,37)(H,27,34)(H,28,35)(H,29,36). The van der Waals surface area contributed by atoms with Gasteiger partial charge in [0.25, 0.3) is 29.4 Å². The third-order valence-electron chi connectivity index (χ3n) is 5.38. The lowest BCUT2D eigenvalue weighted by atomic mass is 10.2. The van der Waals surface area contributed by atoms with Gasteiger partial charge >= 0.3 is 0 Å². The highest BCUT2D eigenvalue weighted by Crippen LogP contribution is 2.07. The van der Waals surface area contributed by atoms with E-state index in [1.54, 1.807) is 21.1 Å². The van der Waals surface area contributed by atoms with Gasteiger partial charge in [0.05, 0.1) is 0 Å². The molecule has 4 N–H and O–H groups in total. The van der Waals surface area contributed by atoms with Crippen molar-refractivity contribution in [3.05, 3.63) is 54.7 Å². The minimum Gasteiger partial charge on any atom is -0.351 e. The SMILES string of the molecule is CN(C)CCCNC(=O)C(NC(=O)c1nccn1C)(NC(=O)c1nccn1C)NC(=O)c1nccn1C. The number of aryl methyl sites for hydroxylation is 3. The normalized spacial score (nSPS) is 11.3. The molecule has 0 radical (unpaired) electrons. The Morgan fingerprint density at radius 3 is 1.43 bits per heavy atom. The van der Waals surface area contributed by atoms with Crippen LogP contribution in [0.5, 0.6) is 0 Å². The van der Waals surface area contributed by atoms with Gasteiger partial charge < -0.3 is 39.9 Å². The maximum absolute atomic E-state index is 13.6. The summed E-state index contributed by atoms with van der Waals surface area (Å²) in [5, 5.41) is 10.1. The number of nitrogens with one attached hydrogen (secondary N) is 4. The molecule has 0 aliphatic carbocycles. The summed E-state index contributed by atoms with van der Waals surface area (Å²) in [6, 6.07) is 0. The number of amides is 4. The summed E-state index contributed by atoms with van der Waals surface area (Å²) in [6.07, 6.45) is 9.39. The molecule has 0 fully saturated rings. The van der Waals surface area contributed by atoms with Gasteiger partial charge in [0.2, 0.25) is 0 Å². The molecule has 3 aromatic heterocycles. The molecule has 0 unspecified atom stereocenters. The Balaban J connectivity index is 2.01. The lowest BCUT2D eigenvalue weighted by molar-refractivity contribution is -0.129. The molecule has 4 amide bonds. The van der Waals surface area contributed by atoms with Crippen LogP contribution in [0.25, 0.3) is 0 Å². The second kappa shape index (κ2) is 11.5. The molecule has 15 nitrogen and oxygen atoms in total. The molecule has 198 valence electrons. The predicted octanol–water partition coefficient (Wildman–Crippen LogP) is -1.80. The van der Waals surface area contributed by atoms with Gasteiger partial charge in [0.15, 0.2) is 17.5 Å². The number of carbonyl (C=O) groups excluding carboxylic acids is 4. The van der Waals surface area contributed by atoms with Crippen LogP contribution in [0.15, 0.2) is 37.2 Å². The van der Waals surface area contributed by atoms with Gasteiger partial charge in [0.1, 0.15) is 0 Å². The Morgan fingerprint density at radius 2 is 1.14 bits per heavy atom. The van der Waals surface area contributed by atoms with E-state index >= 15 is 0 Å². The van der Waals surface area contributed by atoms with E-state index in [0.717, 1.165) is 0 Å². The first-order valence-corrected chi connectivity index (χ1v) is 11.4. The first-order valence-electron chi connectivity index (χ1n) is 11.4. The number of hydrogen-bond acceptors (Lipinski definition) is 8. The molecule has 0 bridgehead atoms. The fourth-order valence-electron chi connectivity index (χ4n) is 3.43. The molecule has 0 atom stereocenters. The monoisotopic (exact) mass is 513 g/mol. The second-order valence-electron chi connectivity index (χ2n) is 8.61. The van der Waals surface area contributed by atoms with Crippen LogP contribution in [-0.2, 0) is 25.9 Å². The number of imidazole rings is 3. The van der Waals surface area contributed by atoms with E-state index in [1.165, 1.54) is 50.9 Å². The largest absolute Gasteiger partial charge is 0.351 e. The minimum absolute atomic E-state index is 0.0535. The van der Waals surface area contributed by atoms with Gasteiger partial charge in [-0.3, -0.25) is 19.2 Å². The first-order chi connectivity index (χ1) is 17.5. The number of nitrogens with zero attached hydrogens (tertiary/aromatic N) is 7. The van der Waals surface area contributed by atoms with Gasteiger partial charge in [-0.05, 0) is 27.1 Å². The lowest BCUT2D eigenvalue weighted by Crippen LogP contribution is -2.77. The third-order valence-corrected chi connectivity index (χ3v) is 5.38. The number of carbonyl (C=O) groups is 4. The molecule has 3 heterocycles. The van der Waals surface area contributed by atoms with Crippen LogP contribution < -0.4 is 21.3 Å². The van der Waals surface area contributed by atoms with Crippen molar-refractivity contribution in [1.82, 2.24) is 54.8 Å². The molecule has 3 rings (SSSR count). The molecule has 0 aromatic carbocycles. The van der Waals surface area contributed by atoms with E-state index in [2.05, 4.69) is 36.2 Å². The van der Waals surface area contributed by atoms with E-state index in [9.17, 15) is 19.2 Å². The Kier molecular flexibility index (Phi) is 8.39. The predicted molar refractivity (Wildman–Crippen MR) is 131 cm³/mol. The summed E-state index contributed by atoms with van der Waals surface area (Å²) in [6.45, 7) is 0.875. The van der Waals surface area contributed by atoms with Crippen LogP contribution in [0.4, 0.5) is 0 Å². The van der Waals surface area contributed by atoms with Gasteiger partial charge in [0, 0.05) is 64.9 Å². The van der Waals surface area contributed by atoms with Crippen LogP contribution >= 0.6 is 0 Å². The van der Waals surface area contributed by atoms with Crippen molar-refractivity contribution in [3.63, 3.8) is 0 Å². The molecule has 0 saturated carbocycles. The summed E-state index contributed by atoms with van der Waals surface area (Å²) in [4.78, 5) is 67.2. The molecule has 0 aliphatic rings. The van der Waals surface area contributed by atoms with Crippen molar-refractivity contribution in [2.45, 2.75) is 12.2 Å². The molecular weight excluding hydrogens is 482 g/mol. The number of aromatic nitrogens is 6. The van der Waals surface area contributed by atoms with Crippen molar-refractivity contribution in [1.29, 1.82) is 0 Å². The average molecular weight is 514 g/mol. The zero-order valence-electron chi connectivity index (χ0n) is 21.3. The summed E-state index contributed by atoms with van der Waals surface area (Å²) >= 11 is 0. The molecular formula is C22H31N11O4. The molecule has 3 aromatic rings. The van der Waals surface area contributed by atoms with Crippen molar-refractivity contribution in [3.8, 4) is 0 Å². The zero-order valence-corrected chi connectivity index (χ0v) is 21.3. The van der Waals surface area contributed by atoms with Crippen molar-refractivity contribution in [2.24, 2.45) is 21.1 Å². The summed E-state index contributed by atoms with van der Waals surface area (Å²) in [5.41, 5.74) is 0. The summed E-state index contributed by atoms with van der Waals surface area (Å²) in [7, 11) is 8.54. The highest BCUT2D eigenvalue weighted by molar-refractivity contribution is 6.04. The highest BCUT2D eigenvalue weighted by Gasteiger charge is 2.45. The van der Waals surface area contributed by atoms with E-state index in [1.807, 2.05) is 19.0 Å². The van der Waals surface area contributed by atoms with E-state index in [4.69, 9.17) is 0 Å². The molecule has 0 aliphatic heterocycles. The van der Waals surface area contributed by atoms with E-state index in [0.29, 0.717) is 13.0 Å². The minimum atomic E-state index is -2.42. The van der Waals surface area contributed by atoms with Crippen LogP contribution in [0.2, 0.25) is 0 Å². The first kappa shape index (κ1) is 27.1. The zero-order chi connectivity index (χ0) is 27.2. The fraction of sp³-hybridized carbons (Fsp3) is 0.409. The van der Waals surface area contributed by atoms with Crippen LogP contribution in [0, 0.1) is 0 Å². The Morgan fingerprint density at radius 1 is 0.757 bits per heavy atom. The van der Waals surface area contributed by atoms with Crippen LogP contribution in [0.1, 0.15) is 38.3 Å². The Bertz CT molecular complexity index is 1140. The highest BCUT2D eigenvalue weighted by atomic mass is 16.2. The number of hydrogen-bond donors (Lipinski definition) is 4. The topological polar surface area (TPSA) is 173 Å². The van der Waals surface area contributed by atoms with Crippen molar-refractivity contribution in [2.75, 3.05) is 27.2 Å². The number of rotatable bonds is 11. The quantitative estimate of drug-likeness (QED) is 0.172. The molecule has 37 heavy (non-hydrogen) atoms. The maximum atomic E-state index is 13.6. The molecule has 0 saturated heterocycles. The third kappa shape index (κ3) is 6.38. The van der Waals surface area contributed by atoms with Gasteiger partial charge in [-0.1, -0.05) is 0 Å². The summed E-state index contributed by atoms with van der Waals surface area (Å²) in [5.74, 6) is -5.93. The Hall–Kier alpha value is -4.53. The maximum Gasteiger partial charge on any atom is 0.290 e.